The molecular weight excluding hydrogens is 351 g/mol. The van der Waals surface area contributed by atoms with E-state index in [0.717, 1.165) is 30.2 Å². The van der Waals surface area contributed by atoms with E-state index in [1.165, 1.54) is 6.20 Å². The predicted octanol–water partition coefficient (Wildman–Crippen LogP) is 5.73. The zero-order chi connectivity index (χ0) is 19.6. The van der Waals surface area contributed by atoms with Crippen LogP contribution in [-0.4, -0.2) is 18.1 Å². The van der Waals surface area contributed by atoms with Crippen LogP contribution in [0, 0.1) is 12.8 Å². The number of halogens is 3. The average molecular weight is 375 g/mol. The smallest absolute Gasteiger partial charge is 0.356 e. The molecule has 1 aliphatic rings. The highest BCUT2D eigenvalue weighted by Crippen LogP contribution is 2.38. The molecule has 1 saturated heterocycles. The summed E-state index contributed by atoms with van der Waals surface area (Å²) in [5.41, 5.74) is 1.84. The van der Waals surface area contributed by atoms with Gasteiger partial charge in [0, 0.05) is 36.2 Å². The highest BCUT2D eigenvalue weighted by Gasteiger charge is 2.37. The molecule has 0 unspecified atom stereocenters. The number of benzene rings is 1. The first-order valence-corrected chi connectivity index (χ1v) is 9.09. The quantitative estimate of drug-likeness (QED) is 0.740. The Balaban J connectivity index is 1.88. The lowest BCUT2D eigenvalue weighted by molar-refractivity contribution is -0.137. The summed E-state index contributed by atoms with van der Waals surface area (Å²) < 4.78 is 41.1. The van der Waals surface area contributed by atoms with Crippen LogP contribution in [0.2, 0.25) is 0 Å². The Hall–Kier alpha value is -2.50. The van der Waals surface area contributed by atoms with Crippen molar-refractivity contribution in [3.63, 3.8) is 0 Å². The van der Waals surface area contributed by atoms with E-state index in [-0.39, 0.29) is 5.82 Å². The van der Waals surface area contributed by atoms with Crippen LogP contribution in [0.25, 0.3) is 5.70 Å². The summed E-state index contributed by atoms with van der Waals surface area (Å²) >= 11 is 0. The minimum atomic E-state index is -4.47. The number of hydrogen-bond donors (Lipinski definition) is 1. The molecule has 27 heavy (non-hydrogen) atoms. The molecule has 0 atom stereocenters. The first-order valence-electron chi connectivity index (χ1n) is 9.09. The van der Waals surface area contributed by atoms with Gasteiger partial charge in [-0.2, -0.15) is 13.2 Å². The largest absolute Gasteiger partial charge is 0.419 e. The Morgan fingerprint density at radius 3 is 2.56 bits per heavy atom. The second-order valence-corrected chi connectivity index (χ2v) is 7.24. The summed E-state index contributed by atoms with van der Waals surface area (Å²) in [5, 5.41) is 3.07. The van der Waals surface area contributed by atoms with E-state index in [0.29, 0.717) is 30.3 Å². The van der Waals surface area contributed by atoms with Gasteiger partial charge in [-0.1, -0.05) is 25.6 Å². The van der Waals surface area contributed by atoms with Crippen LogP contribution >= 0.6 is 0 Å². The van der Waals surface area contributed by atoms with Gasteiger partial charge in [0.15, 0.2) is 0 Å². The molecule has 3 nitrogen and oxygen atoms in total. The Labute approximate surface area is 157 Å². The normalized spacial score (nSPS) is 15.7. The molecule has 0 amide bonds. The summed E-state index contributed by atoms with van der Waals surface area (Å²) in [7, 11) is 0. The van der Waals surface area contributed by atoms with Crippen LogP contribution in [0.15, 0.2) is 43.1 Å². The third kappa shape index (κ3) is 4.62. The van der Waals surface area contributed by atoms with E-state index in [1.54, 1.807) is 4.90 Å². The summed E-state index contributed by atoms with van der Waals surface area (Å²) in [4.78, 5) is 5.92. The topological polar surface area (TPSA) is 28.2 Å². The van der Waals surface area contributed by atoms with Crippen molar-refractivity contribution >= 4 is 17.2 Å². The molecule has 6 heteroatoms. The first kappa shape index (κ1) is 19.3. The van der Waals surface area contributed by atoms with Crippen LogP contribution in [0.1, 0.15) is 36.5 Å². The molecule has 0 saturated carbocycles. The molecule has 0 radical (unpaired) electrons. The zero-order valence-electron chi connectivity index (χ0n) is 15.6. The maximum absolute atomic E-state index is 13.7. The highest BCUT2D eigenvalue weighted by atomic mass is 19.4. The lowest BCUT2D eigenvalue weighted by Gasteiger charge is -2.33. The summed E-state index contributed by atoms with van der Waals surface area (Å²) in [6.07, 6.45) is -1.25. The number of pyridine rings is 1. The van der Waals surface area contributed by atoms with E-state index < -0.39 is 11.7 Å². The maximum Gasteiger partial charge on any atom is 0.419 e. The molecule has 2 aromatic rings. The number of hydrogen-bond acceptors (Lipinski definition) is 3. The lowest BCUT2D eigenvalue weighted by Crippen LogP contribution is -2.35. The van der Waals surface area contributed by atoms with Crippen LogP contribution in [0.5, 0.6) is 0 Å². The second kappa shape index (κ2) is 7.62. The molecule has 2 heterocycles. The van der Waals surface area contributed by atoms with Gasteiger partial charge >= 0.3 is 6.18 Å². The molecule has 1 N–H and O–H groups in total. The van der Waals surface area contributed by atoms with Gasteiger partial charge in [-0.05, 0) is 49.4 Å². The fourth-order valence-electron chi connectivity index (χ4n) is 3.27. The lowest BCUT2D eigenvalue weighted by atomic mass is 9.98. The Morgan fingerprint density at radius 1 is 1.22 bits per heavy atom. The number of piperidine rings is 1. The Bertz CT molecular complexity index is 822. The van der Waals surface area contributed by atoms with E-state index in [1.807, 2.05) is 31.2 Å². The van der Waals surface area contributed by atoms with Gasteiger partial charge in [-0.3, -0.25) is 0 Å². The van der Waals surface area contributed by atoms with Gasteiger partial charge in [0.2, 0.25) is 0 Å². The monoisotopic (exact) mass is 375 g/mol. The van der Waals surface area contributed by atoms with Crippen LogP contribution < -0.4 is 10.2 Å². The van der Waals surface area contributed by atoms with Gasteiger partial charge in [0.05, 0.1) is 5.56 Å². The van der Waals surface area contributed by atoms with E-state index in [4.69, 9.17) is 0 Å². The third-order valence-corrected chi connectivity index (χ3v) is 4.92. The molecule has 1 aromatic heterocycles. The Kier molecular flexibility index (Phi) is 5.44. The van der Waals surface area contributed by atoms with E-state index in [9.17, 15) is 13.2 Å². The number of nitrogens with zero attached hydrogens (tertiary/aromatic N) is 2. The third-order valence-electron chi connectivity index (χ3n) is 4.92. The SMILES string of the molecule is C=C(Nc1cccc(C)c1)c1cnc(N2CCC(C)CC2)c(C(F)(F)F)c1. The van der Waals surface area contributed by atoms with Crippen molar-refractivity contribution in [2.75, 3.05) is 23.3 Å². The molecule has 0 spiro atoms. The molecule has 1 aliphatic heterocycles. The van der Waals surface area contributed by atoms with Gasteiger partial charge < -0.3 is 10.2 Å². The number of aromatic nitrogens is 1. The summed E-state index contributed by atoms with van der Waals surface area (Å²) in [6.45, 7) is 9.16. The van der Waals surface area contributed by atoms with Crippen LogP contribution in [-0.2, 0) is 6.18 Å². The maximum atomic E-state index is 13.7. The van der Waals surface area contributed by atoms with E-state index in [2.05, 4.69) is 23.8 Å². The van der Waals surface area contributed by atoms with Gasteiger partial charge in [0.25, 0.3) is 0 Å². The number of rotatable bonds is 4. The van der Waals surface area contributed by atoms with Crippen LogP contribution in [0.3, 0.4) is 0 Å². The molecule has 0 bridgehead atoms. The molecular formula is C21H24F3N3. The minimum Gasteiger partial charge on any atom is -0.356 e. The molecule has 144 valence electrons. The molecule has 3 rings (SSSR count). The molecule has 1 aromatic carbocycles. The summed E-state index contributed by atoms with van der Waals surface area (Å²) in [5.74, 6) is 0.551. The second-order valence-electron chi connectivity index (χ2n) is 7.24. The van der Waals surface area contributed by atoms with Gasteiger partial charge in [0.1, 0.15) is 5.82 Å². The predicted molar refractivity (Wildman–Crippen MR) is 104 cm³/mol. The van der Waals surface area contributed by atoms with Crippen molar-refractivity contribution in [3.05, 3.63) is 59.8 Å². The average Bonchev–Trinajstić information content (AvgIpc) is 2.61. The van der Waals surface area contributed by atoms with Crippen molar-refractivity contribution in [3.8, 4) is 0 Å². The van der Waals surface area contributed by atoms with Crippen molar-refractivity contribution in [1.29, 1.82) is 0 Å². The summed E-state index contributed by atoms with van der Waals surface area (Å²) in [6, 6.07) is 8.73. The molecule has 0 aliphatic carbocycles. The molecule has 1 fully saturated rings. The van der Waals surface area contributed by atoms with Gasteiger partial charge in [-0.15, -0.1) is 0 Å². The van der Waals surface area contributed by atoms with Crippen molar-refractivity contribution in [2.45, 2.75) is 32.9 Å². The van der Waals surface area contributed by atoms with Crippen LogP contribution in [0.4, 0.5) is 24.7 Å². The van der Waals surface area contributed by atoms with Crippen molar-refractivity contribution in [2.24, 2.45) is 5.92 Å². The zero-order valence-corrected chi connectivity index (χ0v) is 15.6. The fraction of sp³-hybridized carbons (Fsp3) is 0.381. The number of anilines is 2. The van der Waals surface area contributed by atoms with E-state index >= 15 is 0 Å². The Morgan fingerprint density at radius 2 is 1.93 bits per heavy atom. The standard InChI is InChI=1S/C21H24F3N3/c1-14-7-9-27(10-8-14)20-19(21(22,23)24)12-17(13-25-20)16(3)26-18-6-4-5-15(2)11-18/h4-6,11-14,26H,3,7-10H2,1-2H3. The fourth-order valence-corrected chi connectivity index (χ4v) is 3.27. The number of alkyl halides is 3. The highest BCUT2D eigenvalue weighted by molar-refractivity contribution is 5.76. The van der Waals surface area contributed by atoms with Gasteiger partial charge in [-0.25, -0.2) is 4.98 Å². The minimum absolute atomic E-state index is 0.0153. The first-order chi connectivity index (χ1) is 12.7. The number of nitrogens with one attached hydrogen (secondary N) is 1. The van der Waals surface area contributed by atoms with Crippen molar-refractivity contribution in [1.82, 2.24) is 4.98 Å². The number of aryl methyl sites for hydroxylation is 1. The van der Waals surface area contributed by atoms with Crippen molar-refractivity contribution < 1.29 is 13.2 Å².